The molecule has 7 heteroatoms. The molecule has 0 bridgehead atoms. The van der Waals surface area contributed by atoms with E-state index in [1.165, 1.54) is 6.92 Å². The maximum absolute atomic E-state index is 15.0. The zero-order valence-corrected chi connectivity index (χ0v) is 16.7. The Labute approximate surface area is 160 Å². The first-order chi connectivity index (χ1) is 12.6. The van der Waals surface area contributed by atoms with Crippen molar-refractivity contribution in [2.45, 2.75) is 31.7 Å². The van der Waals surface area contributed by atoms with Crippen LogP contribution in [0.5, 0.6) is 0 Å². The lowest BCUT2D eigenvalue weighted by molar-refractivity contribution is 0.0963. The van der Waals surface area contributed by atoms with Crippen LogP contribution in [0.1, 0.15) is 36.7 Å². The van der Waals surface area contributed by atoms with Gasteiger partial charge >= 0.3 is 0 Å². The van der Waals surface area contributed by atoms with Crippen molar-refractivity contribution in [3.8, 4) is 11.1 Å². The average Bonchev–Trinajstić information content (AvgIpc) is 2.66. The Hall–Kier alpha value is -2.25. The summed E-state index contributed by atoms with van der Waals surface area (Å²) < 4.78 is 41.0. The zero-order valence-electron chi connectivity index (χ0n) is 15.9. The first kappa shape index (κ1) is 21.1. The van der Waals surface area contributed by atoms with E-state index in [0.717, 1.165) is 11.1 Å². The Morgan fingerprint density at radius 1 is 1.04 bits per heavy atom. The topological polar surface area (TPSA) is 75.3 Å². The Morgan fingerprint density at radius 3 is 1.96 bits per heavy atom. The van der Waals surface area contributed by atoms with Crippen LogP contribution in [-0.2, 0) is 15.7 Å². The van der Waals surface area contributed by atoms with Gasteiger partial charge in [-0.15, -0.1) is 0 Å². The van der Waals surface area contributed by atoms with Gasteiger partial charge in [0.25, 0.3) is 5.91 Å². The molecule has 27 heavy (non-hydrogen) atoms. The van der Waals surface area contributed by atoms with Crippen molar-refractivity contribution < 1.29 is 17.6 Å². The fourth-order valence-electron chi connectivity index (χ4n) is 2.47. The number of alkyl halides is 1. The highest BCUT2D eigenvalue weighted by Gasteiger charge is 2.28. The zero-order chi connectivity index (χ0) is 20.2. The summed E-state index contributed by atoms with van der Waals surface area (Å²) in [4.78, 5) is 11.6. The minimum atomic E-state index is -3.53. The van der Waals surface area contributed by atoms with Gasteiger partial charge in [-0.1, -0.05) is 36.4 Å². The van der Waals surface area contributed by atoms with E-state index < -0.39 is 20.9 Å². The number of hydrogen-bond acceptors (Lipinski definition) is 3. The van der Waals surface area contributed by atoms with Crippen LogP contribution < -0.4 is 10.0 Å². The molecule has 0 aliphatic rings. The molecule has 0 aliphatic heterocycles. The van der Waals surface area contributed by atoms with Gasteiger partial charge in [-0.25, -0.2) is 17.5 Å². The van der Waals surface area contributed by atoms with Crippen LogP contribution in [0.4, 0.5) is 4.39 Å². The summed E-state index contributed by atoms with van der Waals surface area (Å²) in [5.41, 5.74) is 0.895. The summed E-state index contributed by atoms with van der Waals surface area (Å²) in [6.07, 6.45) is 0. The van der Waals surface area contributed by atoms with Gasteiger partial charge in [-0.05, 0) is 49.6 Å². The molecule has 0 saturated carbocycles. The molecule has 1 amide bonds. The summed E-state index contributed by atoms with van der Waals surface area (Å²) in [5, 5.41) is 1.95. The van der Waals surface area contributed by atoms with E-state index in [-0.39, 0.29) is 12.5 Å². The SMILES string of the molecule is CNC(=O)c1ccc(-c2ccc(C(C)(F)CNS(=O)(=O)C(C)C)cc2)cc1. The van der Waals surface area contributed by atoms with Gasteiger partial charge in [-0.2, -0.15) is 0 Å². The summed E-state index contributed by atoms with van der Waals surface area (Å²) in [6, 6.07) is 13.9. The van der Waals surface area contributed by atoms with Gasteiger partial charge in [0, 0.05) is 19.2 Å². The third kappa shape index (κ3) is 5.14. The highest BCUT2D eigenvalue weighted by atomic mass is 32.2. The highest BCUT2D eigenvalue weighted by molar-refractivity contribution is 7.90. The van der Waals surface area contributed by atoms with Crippen molar-refractivity contribution in [1.82, 2.24) is 10.0 Å². The number of halogens is 1. The lowest BCUT2D eigenvalue weighted by Crippen LogP contribution is -2.39. The molecule has 1 atom stereocenters. The van der Waals surface area contributed by atoms with Crippen molar-refractivity contribution in [3.63, 3.8) is 0 Å². The molecule has 2 rings (SSSR count). The molecular weight excluding hydrogens is 367 g/mol. The van der Waals surface area contributed by atoms with E-state index in [0.29, 0.717) is 11.1 Å². The average molecular weight is 392 g/mol. The molecule has 146 valence electrons. The van der Waals surface area contributed by atoms with Crippen LogP contribution in [0.3, 0.4) is 0 Å². The van der Waals surface area contributed by atoms with E-state index in [9.17, 15) is 17.6 Å². The third-order valence-corrected chi connectivity index (χ3v) is 6.21. The van der Waals surface area contributed by atoms with Gasteiger partial charge in [0.15, 0.2) is 0 Å². The molecule has 2 aromatic rings. The van der Waals surface area contributed by atoms with Crippen molar-refractivity contribution in [3.05, 3.63) is 59.7 Å². The molecule has 0 spiro atoms. The van der Waals surface area contributed by atoms with E-state index in [1.54, 1.807) is 57.3 Å². The second-order valence-corrected chi connectivity index (χ2v) is 9.17. The van der Waals surface area contributed by atoms with Crippen LogP contribution in [0.15, 0.2) is 48.5 Å². The maximum atomic E-state index is 15.0. The smallest absolute Gasteiger partial charge is 0.251 e. The summed E-state index contributed by atoms with van der Waals surface area (Å²) in [5.74, 6) is -0.158. The standard InChI is InChI=1S/C20H25FN2O3S/c1-14(2)27(25,26)23-13-20(3,21)18-11-9-16(10-12-18)15-5-7-17(8-6-15)19(24)22-4/h5-12,14,23H,13H2,1-4H3,(H,22,24). The largest absolute Gasteiger partial charge is 0.355 e. The predicted molar refractivity (Wildman–Crippen MR) is 106 cm³/mol. The number of carbonyl (C=O) groups is 1. The number of amides is 1. The highest BCUT2D eigenvalue weighted by Crippen LogP contribution is 2.28. The number of benzene rings is 2. The van der Waals surface area contributed by atoms with E-state index >= 15 is 0 Å². The van der Waals surface area contributed by atoms with Crippen LogP contribution in [0, 0.1) is 0 Å². The predicted octanol–water partition coefficient (Wildman–Crippen LogP) is 3.23. The van der Waals surface area contributed by atoms with E-state index in [4.69, 9.17) is 0 Å². The third-order valence-electron chi connectivity index (χ3n) is 4.42. The minimum Gasteiger partial charge on any atom is -0.355 e. The molecule has 1 unspecified atom stereocenters. The van der Waals surface area contributed by atoms with Crippen molar-refractivity contribution in [2.75, 3.05) is 13.6 Å². The Morgan fingerprint density at radius 2 is 1.52 bits per heavy atom. The first-order valence-electron chi connectivity index (χ1n) is 8.67. The van der Waals surface area contributed by atoms with Gasteiger partial charge < -0.3 is 5.32 Å². The Kier molecular flexibility index (Phi) is 6.38. The number of sulfonamides is 1. The lowest BCUT2D eigenvalue weighted by Gasteiger charge is -2.22. The van der Waals surface area contributed by atoms with Gasteiger partial charge in [0.05, 0.1) is 5.25 Å². The molecule has 0 aromatic heterocycles. The van der Waals surface area contributed by atoms with E-state index in [1.807, 2.05) is 12.1 Å². The van der Waals surface area contributed by atoms with Crippen LogP contribution in [0.2, 0.25) is 0 Å². The fraction of sp³-hybridized carbons (Fsp3) is 0.350. The second kappa shape index (κ2) is 8.19. The molecule has 0 aliphatic carbocycles. The fourth-order valence-corrected chi connectivity index (χ4v) is 3.28. The number of nitrogens with one attached hydrogen (secondary N) is 2. The molecule has 0 fully saturated rings. The molecule has 0 radical (unpaired) electrons. The molecule has 0 saturated heterocycles. The lowest BCUT2D eigenvalue weighted by atomic mass is 9.95. The maximum Gasteiger partial charge on any atom is 0.251 e. The van der Waals surface area contributed by atoms with Crippen LogP contribution >= 0.6 is 0 Å². The van der Waals surface area contributed by atoms with Crippen LogP contribution in [-0.4, -0.2) is 33.2 Å². The number of hydrogen-bond donors (Lipinski definition) is 2. The van der Waals surface area contributed by atoms with Gasteiger partial charge in [-0.3, -0.25) is 4.79 Å². The summed E-state index contributed by atoms with van der Waals surface area (Å²) in [7, 11) is -1.95. The molecule has 2 aromatic carbocycles. The summed E-state index contributed by atoms with van der Waals surface area (Å²) in [6.45, 7) is 4.11. The first-order valence-corrected chi connectivity index (χ1v) is 10.2. The Balaban J connectivity index is 2.15. The molecular formula is C20H25FN2O3S. The quantitative estimate of drug-likeness (QED) is 0.760. The van der Waals surface area contributed by atoms with Gasteiger partial charge in [0.2, 0.25) is 10.0 Å². The Bertz CT molecular complexity index is 890. The van der Waals surface area contributed by atoms with E-state index in [2.05, 4.69) is 10.0 Å². The van der Waals surface area contributed by atoms with Gasteiger partial charge in [0.1, 0.15) is 5.67 Å². The summed E-state index contributed by atoms with van der Waals surface area (Å²) >= 11 is 0. The van der Waals surface area contributed by atoms with Crippen LogP contribution in [0.25, 0.3) is 11.1 Å². The normalized spacial score (nSPS) is 14.0. The number of rotatable bonds is 7. The van der Waals surface area contributed by atoms with Crippen molar-refractivity contribution in [2.24, 2.45) is 0 Å². The minimum absolute atomic E-state index is 0.158. The van der Waals surface area contributed by atoms with Crippen molar-refractivity contribution in [1.29, 1.82) is 0 Å². The monoisotopic (exact) mass is 392 g/mol. The van der Waals surface area contributed by atoms with Crippen molar-refractivity contribution >= 4 is 15.9 Å². The molecule has 5 nitrogen and oxygen atoms in total. The molecule has 0 heterocycles. The second-order valence-electron chi connectivity index (χ2n) is 6.85. The molecule has 2 N–H and O–H groups in total. The number of carbonyl (C=O) groups excluding carboxylic acids is 1.